The first-order valence-electron chi connectivity index (χ1n) is 5.22. The molecule has 0 radical (unpaired) electrons. The summed E-state index contributed by atoms with van der Waals surface area (Å²) in [6.07, 6.45) is 2.98. The number of piperidine rings is 1. The van der Waals surface area contributed by atoms with Gasteiger partial charge in [0.05, 0.1) is 4.92 Å². The second-order valence-electron chi connectivity index (χ2n) is 3.78. The first-order valence-corrected chi connectivity index (χ1v) is 5.22. The zero-order valence-corrected chi connectivity index (χ0v) is 9.05. The fourth-order valence-electron chi connectivity index (χ4n) is 1.75. The van der Waals surface area contributed by atoms with E-state index in [4.69, 9.17) is 4.74 Å². The SMILES string of the molecule is Cn1ncc([N+](=O)[O-])c1OC1CCNCC1. The molecule has 2 heterocycles. The van der Waals surface area contributed by atoms with Gasteiger partial charge in [-0.05, 0) is 25.9 Å². The molecule has 1 N–H and O–H groups in total. The summed E-state index contributed by atoms with van der Waals surface area (Å²) in [7, 11) is 1.64. The van der Waals surface area contributed by atoms with Crippen LogP contribution >= 0.6 is 0 Å². The molecule has 0 saturated carbocycles. The Morgan fingerprint density at radius 1 is 1.62 bits per heavy atom. The highest BCUT2D eigenvalue weighted by atomic mass is 16.6. The number of rotatable bonds is 3. The van der Waals surface area contributed by atoms with Crippen molar-refractivity contribution in [2.45, 2.75) is 18.9 Å². The molecule has 2 rings (SSSR count). The summed E-state index contributed by atoms with van der Waals surface area (Å²) in [5.41, 5.74) is -0.0685. The predicted octanol–water partition coefficient (Wildman–Crippen LogP) is 0.459. The summed E-state index contributed by atoms with van der Waals surface area (Å²) in [4.78, 5) is 10.3. The van der Waals surface area contributed by atoms with E-state index in [2.05, 4.69) is 10.4 Å². The molecule has 0 bridgehead atoms. The van der Waals surface area contributed by atoms with Crippen LogP contribution in [0.15, 0.2) is 6.20 Å². The minimum Gasteiger partial charge on any atom is -0.470 e. The van der Waals surface area contributed by atoms with Crippen LogP contribution in [0.25, 0.3) is 0 Å². The Morgan fingerprint density at radius 3 is 2.94 bits per heavy atom. The summed E-state index contributed by atoms with van der Waals surface area (Å²) in [5, 5.41) is 17.8. The van der Waals surface area contributed by atoms with Gasteiger partial charge in [0.2, 0.25) is 0 Å². The minimum absolute atomic E-state index is 0.0374. The van der Waals surface area contributed by atoms with E-state index in [9.17, 15) is 10.1 Å². The Bertz CT molecular complexity index is 384. The van der Waals surface area contributed by atoms with Gasteiger partial charge in [0, 0.05) is 7.05 Å². The van der Waals surface area contributed by atoms with Crippen molar-refractivity contribution >= 4 is 5.69 Å². The van der Waals surface area contributed by atoms with E-state index in [1.165, 1.54) is 10.9 Å². The number of nitrogens with one attached hydrogen (secondary N) is 1. The average Bonchev–Trinajstić information content (AvgIpc) is 2.62. The third kappa shape index (κ3) is 2.13. The molecule has 16 heavy (non-hydrogen) atoms. The molecule has 0 unspecified atom stereocenters. The van der Waals surface area contributed by atoms with Gasteiger partial charge in [0.1, 0.15) is 12.3 Å². The lowest BCUT2D eigenvalue weighted by molar-refractivity contribution is -0.386. The Morgan fingerprint density at radius 2 is 2.31 bits per heavy atom. The number of nitrogens with zero attached hydrogens (tertiary/aromatic N) is 3. The van der Waals surface area contributed by atoms with Gasteiger partial charge in [0.25, 0.3) is 5.88 Å². The normalized spacial score (nSPS) is 17.3. The van der Waals surface area contributed by atoms with Crippen molar-refractivity contribution in [2.24, 2.45) is 7.05 Å². The van der Waals surface area contributed by atoms with Crippen molar-refractivity contribution in [3.63, 3.8) is 0 Å². The van der Waals surface area contributed by atoms with Crippen LogP contribution in [0.1, 0.15) is 12.8 Å². The largest absolute Gasteiger partial charge is 0.470 e. The number of hydrogen-bond donors (Lipinski definition) is 1. The lowest BCUT2D eigenvalue weighted by Gasteiger charge is -2.23. The maximum atomic E-state index is 10.7. The molecule has 88 valence electrons. The maximum Gasteiger partial charge on any atom is 0.350 e. The molecule has 1 aliphatic rings. The number of aryl methyl sites for hydroxylation is 1. The van der Waals surface area contributed by atoms with Crippen LogP contribution < -0.4 is 10.1 Å². The van der Waals surface area contributed by atoms with Gasteiger partial charge in [-0.1, -0.05) is 0 Å². The first kappa shape index (κ1) is 10.9. The van der Waals surface area contributed by atoms with E-state index in [0.29, 0.717) is 0 Å². The van der Waals surface area contributed by atoms with Crippen LogP contribution in [0, 0.1) is 10.1 Å². The van der Waals surface area contributed by atoms with E-state index in [-0.39, 0.29) is 17.7 Å². The van der Waals surface area contributed by atoms with Gasteiger partial charge in [-0.3, -0.25) is 10.1 Å². The quantitative estimate of drug-likeness (QED) is 0.598. The fourth-order valence-corrected chi connectivity index (χ4v) is 1.75. The van der Waals surface area contributed by atoms with Crippen LogP contribution in [-0.4, -0.2) is 33.9 Å². The Kier molecular flexibility index (Phi) is 3.04. The summed E-state index contributed by atoms with van der Waals surface area (Å²) in [5.74, 6) is 0.247. The van der Waals surface area contributed by atoms with Crippen LogP contribution in [0.4, 0.5) is 5.69 Å². The molecule has 1 aliphatic heterocycles. The Hall–Kier alpha value is -1.63. The molecular weight excluding hydrogens is 212 g/mol. The number of nitro groups is 1. The molecule has 0 aliphatic carbocycles. The standard InChI is InChI=1S/C9H14N4O3/c1-12-9(8(6-11-12)13(14)15)16-7-2-4-10-5-3-7/h6-7,10H,2-5H2,1H3. The maximum absolute atomic E-state index is 10.7. The Balaban J connectivity index is 2.12. The molecule has 1 saturated heterocycles. The molecule has 7 heteroatoms. The summed E-state index contributed by atoms with van der Waals surface area (Å²) in [6.45, 7) is 1.77. The van der Waals surface area contributed by atoms with Gasteiger partial charge in [-0.15, -0.1) is 0 Å². The molecule has 1 aromatic rings. The van der Waals surface area contributed by atoms with E-state index in [1.807, 2.05) is 0 Å². The number of aromatic nitrogens is 2. The lowest BCUT2D eigenvalue weighted by atomic mass is 10.1. The zero-order valence-electron chi connectivity index (χ0n) is 9.05. The minimum atomic E-state index is -0.469. The molecule has 0 atom stereocenters. The topological polar surface area (TPSA) is 82.2 Å². The van der Waals surface area contributed by atoms with E-state index < -0.39 is 4.92 Å². The number of ether oxygens (including phenoxy) is 1. The fraction of sp³-hybridized carbons (Fsp3) is 0.667. The molecule has 0 aromatic carbocycles. The highest BCUT2D eigenvalue weighted by Crippen LogP contribution is 2.27. The van der Waals surface area contributed by atoms with Crippen molar-refractivity contribution in [3.8, 4) is 5.88 Å². The molecule has 7 nitrogen and oxygen atoms in total. The zero-order chi connectivity index (χ0) is 11.5. The molecular formula is C9H14N4O3. The van der Waals surface area contributed by atoms with Crippen molar-refractivity contribution in [2.75, 3.05) is 13.1 Å². The third-order valence-corrected chi connectivity index (χ3v) is 2.63. The van der Waals surface area contributed by atoms with Crippen molar-refractivity contribution in [1.29, 1.82) is 0 Å². The van der Waals surface area contributed by atoms with E-state index >= 15 is 0 Å². The predicted molar refractivity (Wildman–Crippen MR) is 56.4 cm³/mol. The van der Waals surface area contributed by atoms with Gasteiger partial charge in [-0.2, -0.15) is 5.10 Å². The first-order chi connectivity index (χ1) is 7.68. The van der Waals surface area contributed by atoms with Gasteiger partial charge in [0.15, 0.2) is 0 Å². The van der Waals surface area contributed by atoms with Crippen molar-refractivity contribution < 1.29 is 9.66 Å². The smallest absolute Gasteiger partial charge is 0.350 e. The molecule has 1 fully saturated rings. The molecule has 1 aromatic heterocycles. The summed E-state index contributed by atoms with van der Waals surface area (Å²) < 4.78 is 7.04. The second kappa shape index (κ2) is 4.48. The van der Waals surface area contributed by atoms with Crippen molar-refractivity contribution in [3.05, 3.63) is 16.3 Å². The van der Waals surface area contributed by atoms with Crippen LogP contribution in [0.3, 0.4) is 0 Å². The van der Waals surface area contributed by atoms with Gasteiger partial charge < -0.3 is 10.1 Å². The number of hydrogen-bond acceptors (Lipinski definition) is 5. The monoisotopic (exact) mass is 226 g/mol. The van der Waals surface area contributed by atoms with Gasteiger partial charge in [-0.25, -0.2) is 4.68 Å². The average molecular weight is 226 g/mol. The van der Waals surface area contributed by atoms with E-state index in [1.54, 1.807) is 7.05 Å². The third-order valence-electron chi connectivity index (χ3n) is 2.63. The summed E-state index contributed by atoms with van der Waals surface area (Å²) in [6, 6.07) is 0. The molecule has 0 amide bonds. The van der Waals surface area contributed by atoms with Crippen molar-refractivity contribution in [1.82, 2.24) is 15.1 Å². The van der Waals surface area contributed by atoms with Crippen LogP contribution in [0.2, 0.25) is 0 Å². The van der Waals surface area contributed by atoms with E-state index in [0.717, 1.165) is 25.9 Å². The molecule has 0 spiro atoms. The summed E-state index contributed by atoms with van der Waals surface area (Å²) >= 11 is 0. The Labute approximate surface area is 92.5 Å². The van der Waals surface area contributed by atoms with Crippen LogP contribution in [-0.2, 0) is 7.05 Å². The lowest BCUT2D eigenvalue weighted by Crippen LogP contribution is -2.34. The highest BCUT2D eigenvalue weighted by molar-refractivity contribution is 5.39. The van der Waals surface area contributed by atoms with Crippen LogP contribution in [0.5, 0.6) is 5.88 Å². The van der Waals surface area contributed by atoms with Gasteiger partial charge >= 0.3 is 5.69 Å². The highest BCUT2D eigenvalue weighted by Gasteiger charge is 2.24. The second-order valence-corrected chi connectivity index (χ2v) is 3.78.